The fourth-order valence-corrected chi connectivity index (χ4v) is 5.41. The van der Waals surface area contributed by atoms with E-state index in [2.05, 4.69) is 0 Å². The van der Waals surface area contributed by atoms with Crippen LogP contribution in [0.5, 0.6) is 0 Å². The van der Waals surface area contributed by atoms with Crippen molar-refractivity contribution in [2.24, 2.45) is 0 Å². The number of hydrogen-bond acceptors (Lipinski definition) is 4. The van der Waals surface area contributed by atoms with Crippen LogP contribution in [0.2, 0.25) is 19.6 Å². The van der Waals surface area contributed by atoms with Crippen LogP contribution in [0, 0.1) is 0 Å². The van der Waals surface area contributed by atoms with Crippen LogP contribution < -0.4 is 0 Å². The van der Waals surface area contributed by atoms with E-state index in [9.17, 15) is 21.6 Å². The van der Waals surface area contributed by atoms with Crippen molar-refractivity contribution in [3.8, 4) is 0 Å². The van der Waals surface area contributed by atoms with Crippen LogP contribution in [0.15, 0.2) is 40.6 Å². The van der Waals surface area contributed by atoms with Gasteiger partial charge in [-0.15, -0.1) is 11.3 Å². The molecule has 1 atom stereocenters. The van der Waals surface area contributed by atoms with Gasteiger partial charge in [-0.05, 0) is 43.4 Å². The molecule has 0 amide bonds. The van der Waals surface area contributed by atoms with Crippen molar-refractivity contribution < 1.29 is 26.0 Å². The minimum absolute atomic E-state index is 0.0923. The fourth-order valence-electron chi connectivity index (χ4n) is 2.12. The van der Waals surface area contributed by atoms with Crippen LogP contribution in [0.4, 0.5) is 13.2 Å². The molecule has 0 radical (unpaired) electrons. The molecule has 0 saturated heterocycles. The molecule has 0 bridgehead atoms. The van der Waals surface area contributed by atoms with Crippen LogP contribution in [0.3, 0.4) is 0 Å². The second-order valence-corrected chi connectivity index (χ2v) is 14.3. The summed E-state index contributed by atoms with van der Waals surface area (Å²) in [6.07, 6.45) is -5.26. The summed E-state index contributed by atoms with van der Waals surface area (Å²) in [5, 5.41) is 1.35. The van der Waals surface area contributed by atoms with E-state index in [1.165, 1.54) is 23.6 Å². The second-order valence-electron chi connectivity index (χ2n) is 6.36. The minimum atomic E-state index is -4.47. The normalized spacial score (nSPS) is 14.5. The lowest BCUT2D eigenvalue weighted by Crippen LogP contribution is -2.28. The number of hydrogen-bond donors (Lipinski definition) is 0. The predicted molar refractivity (Wildman–Crippen MR) is 95.1 cm³/mol. The lowest BCUT2D eigenvalue weighted by Gasteiger charge is -2.26. The SMILES string of the molecule is C[Si](C)(C)OC(c1cccc(C(F)(F)F)c1)c1cc(S(=O)(=O)Cl)cs1. The molecule has 0 aliphatic heterocycles. The summed E-state index contributed by atoms with van der Waals surface area (Å²) in [5.41, 5.74) is -0.464. The molecule has 0 fully saturated rings. The molecule has 10 heteroatoms. The van der Waals surface area contributed by atoms with E-state index in [-0.39, 0.29) is 4.90 Å². The van der Waals surface area contributed by atoms with Crippen LogP contribution >= 0.6 is 22.0 Å². The smallest absolute Gasteiger partial charge is 0.406 e. The van der Waals surface area contributed by atoms with Gasteiger partial charge in [0.1, 0.15) is 6.10 Å². The van der Waals surface area contributed by atoms with Gasteiger partial charge in [0.2, 0.25) is 0 Å². The molecule has 138 valence electrons. The summed E-state index contributed by atoms with van der Waals surface area (Å²) in [5.74, 6) is 0. The molecule has 0 spiro atoms. The Kier molecular flexibility index (Phi) is 5.75. The molecule has 3 nitrogen and oxygen atoms in total. The van der Waals surface area contributed by atoms with E-state index >= 15 is 0 Å². The molecule has 0 aliphatic carbocycles. The highest BCUT2D eigenvalue weighted by atomic mass is 35.7. The Labute approximate surface area is 154 Å². The summed E-state index contributed by atoms with van der Waals surface area (Å²) >= 11 is 1.09. The molecule has 1 aromatic carbocycles. The Morgan fingerprint density at radius 3 is 2.32 bits per heavy atom. The van der Waals surface area contributed by atoms with Crippen molar-refractivity contribution in [1.82, 2.24) is 0 Å². The first-order chi connectivity index (χ1) is 11.3. The number of thiophene rings is 1. The maximum atomic E-state index is 13.0. The zero-order valence-electron chi connectivity index (χ0n) is 13.6. The third-order valence-corrected chi connectivity index (χ3v) is 6.52. The van der Waals surface area contributed by atoms with Crippen LogP contribution in [-0.4, -0.2) is 16.7 Å². The first-order valence-electron chi connectivity index (χ1n) is 7.15. The van der Waals surface area contributed by atoms with E-state index in [0.29, 0.717) is 10.4 Å². The maximum Gasteiger partial charge on any atom is 0.416 e. The van der Waals surface area contributed by atoms with Gasteiger partial charge in [0.25, 0.3) is 9.05 Å². The van der Waals surface area contributed by atoms with Gasteiger partial charge in [0, 0.05) is 20.9 Å². The van der Waals surface area contributed by atoms with Crippen molar-refractivity contribution in [3.63, 3.8) is 0 Å². The lowest BCUT2D eigenvalue weighted by atomic mass is 10.0. The van der Waals surface area contributed by atoms with E-state index in [4.69, 9.17) is 15.1 Å². The maximum absolute atomic E-state index is 13.0. The van der Waals surface area contributed by atoms with Gasteiger partial charge < -0.3 is 4.43 Å². The highest BCUT2D eigenvalue weighted by Crippen LogP contribution is 2.37. The average Bonchev–Trinajstić information content (AvgIpc) is 2.92. The Balaban J connectivity index is 2.52. The van der Waals surface area contributed by atoms with E-state index < -0.39 is 35.2 Å². The molecule has 0 saturated carbocycles. The van der Waals surface area contributed by atoms with Gasteiger partial charge in [-0.1, -0.05) is 12.1 Å². The van der Waals surface area contributed by atoms with Gasteiger partial charge >= 0.3 is 6.18 Å². The standard InChI is InChI=1S/C15H16ClF3O3S2Si/c1-25(2,3)22-14(13-8-12(9-23-13)24(16,20)21)10-5-4-6-11(7-10)15(17,18)19/h4-9,14H,1-3H3. The van der Waals surface area contributed by atoms with Crippen molar-refractivity contribution in [2.75, 3.05) is 0 Å². The Morgan fingerprint density at radius 2 is 1.84 bits per heavy atom. The summed E-state index contributed by atoms with van der Waals surface area (Å²) in [6, 6.07) is 6.20. The van der Waals surface area contributed by atoms with Crippen LogP contribution in [0.25, 0.3) is 0 Å². The first-order valence-corrected chi connectivity index (χ1v) is 13.8. The fraction of sp³-hybridized carbons (Fsp3) is 0.333. The molecular weight excluding hydrogens is 413 g/mol. The highest BCUT2D eigenvalue weighted by Gasteiger charge is 2.32. The molecule has 1 unspecified atom stereocenters. The van der Waals surface area contributed by atoms with Gasteiger partial charge in [0.15, 0.2) is 8.32 Å². The largest absolute Gasteiger partial charge is 0.416 e. The number of halogens is 4. The number of benzene rings is 1. The molecular formula is C15H16ClF3O3S2Si. The third-order valence-electron chi connectivity index (χ3n) is 3.12. The van der Waals surface area contributed by atoms with Gasteiger partial charge in [-0.2, -0.15) is 13.2 Å². The quantitative estimate of drug-likeness (QED) is 0.457. The Morgan fingerprint density at radius 1 is 1.20 bits per heavy atom. The Bertz CT molecular complexity index is 857. The molecule has 2 aromatic rings. The second kappa shape index (κ2) is 7.03. The average molecular weight is 429 g/mol. The molecule has 25 heavy (non-hydrogen) atoms. The van der Waals surface area contributed by atoms with Crippen LogP contribution in [-0.2, 0) is 19.7 Å². The van der Waals surface area contributed by atoms with Crippen LogP contribution in [0.1, 0.15) is 22.1 Å². The predicted octanol–water partition coefficient (Wildman–Crippen LogP) is 5.64. The third kappa shape index (κ3) is 5.55. The van der Waals surface area contributed by atoms with Crippen molar-refractivity contribution >= 4 is 39.4 Å². The monoisotopic (exact) mass is 428 g/mol. The Hall–Kier alpha value is -0.873. The van der Waals surface area contributed by atoms with Gasteiger partial charge in [-0.3, -0.25) is 0 Å². The van der Waals surface area contributed by atoms with Gasteiger partial charge in [-0.25, -0.2) is 8.42 Å². The van der Waals surface area contributed by atoms with E-state index in [1.54, 1.807) is 0 Å². The number of rotatable bonds is 5. The first kappa shape index (κ1) is 20.4. The topological polar surface area (TPSA) is 43.4 Å². The van der Waals surface area contributed by atoms with E-state index in [1.807, 2.05) is 19.6 Å². The van der Waals surface area contributed by atoms with Crippen molar-refractivity contribution in [1.29, 1.82) is 0 Å². The minimum Gasteiger partial charge on any atom is -0.406 e. The zero-order valence-corrected chi connectivity index (χ0v) is 17.0. The zero-order chi connectivity index (χ0) is 19.0. The molecule has 0 N–H and O–H groups in total. The summed E-state index contributed by atoms with van der Waals surface area (Å²) in [4.78, 5) is 0.395. The summed E-state index contributed by atoms with van der Waals surface area (Å²) in [7, 11) is -0.718. The van der Waals surface area contributed by atoms with Crippen molar-refractivity contribution in [2.45, 2.75) is 36.8 Å². The highest BCUT2D eigenvalue weighted by molar-refractivity contribution is 8.13. The van der Waals surface area contributed by atoms with E-state index in [0.717, 1.165) is 23.5 Å². The summed E-state index contributed by atoms with van der Waals surface area (Å²) in [6.45, 7) is 5.71. The summed E-state index contributed by atoms with van der Waals surface area (Å²) < 4.78 is 68.0. The molecule has 2 rings (SSSR count). The van der Waals surface area contributed by atoms with Crippen molar-refractivity contribution in [3.05, 3.63) is 51.7 Å². The number of alkyl halides is 3. The molecule has 0 aliphatic rings. The lowest BCUT2D eigenvalue weighted by molar-refractivity contribution is -0.137. The molecule has 1 aromatic heterocycles. The van der Waals surface area contributed by atoms with Gasteiger partial charge in [0.05, 0.1) is 10.5 Å². The molecule has 1 heterocycles.